The summed E-state index contributed by atoms with van der Waals surface area (Å²) in [6, 6.07) is 0. The Labute approximate surface area is 97.2 Å². The van der Waals surface area contributed by atoms with E-state index in [0.717, 1.165) is 12.8 Å². The second kappa shape index (κ2) is 4.13. The van der Waals surface area contributed by atoms with Crippen molar-refractivity contribution >= 4 is 17.3 Å². The van der Waals surface area contributed by atoms with Gasteiger partial charge in [-0.2, -0.15) is 0 Å². The van der Waals surface area contributed by atoms with Crippen LogP contribution in [-0.2, 0) is 0 Å². The van der Waals surface area contributed by atoms with Gasteiger partial charge in [-0.1, -0.05) is 0 Å². The van der Waals surface area contributed by atoms with Crippen LogP contribution in [0.5, 0.6) is 0 Å². The van der Waals surface area contributed by atoms with Crippen molar-refractivity contribution in [2.45, 2.75) is 18.4 Å². The van der Waals surface area contributed by atoms with Crippen LogP contribution in [0.1, 0.15) is 12.8 Å². The Kier molecular flexibility index (Phi) is 2.80. The number of aromatic nitrogens is 2. The van der Waals surface area contributed by atoms with Crippen molar-refractivity contribution < 1.29 is 10.0 Å². The molecule has 0 bridgehead atoms. The summed E-state index contributed by atoms with van der Waals surface area (Å²) in [6.07, 6.45) is 2.80. The lowest BCUT2D eigenvalue weighted by atomic mass is 10.3. The molecule has 1 heterocycles. The maximum absolute atomic E-state index is 11.0. The first-order valence-electron chi connectivity index (χ1n) is 5.18. The molecule has 1 aromatic rings. The molecule has 1 aromatic heterocycles. The highest BCUT2D eigenvalue weighted by atomic mass is 16.6. The van der Waals surface area contributed by atoms with E-state index in [1.165, 1.54) is 6.33 Å². The number of nitrogens with one attached hydrogen (secondary N) is 2. The van der Waals surface area contributed by atoms with Gasteiger partial charge in [0.2, 0.25) is 11.6 Å². The fraction of sp³-hybridized carbons (Fsp3) is 0.556. The summed E-state index contributed by atoms with van der Waals surface area (Å²) in [4.78, 5) is 18.1. The summed E-state index contributed by atoms with van der Waals surface area (Å²) in [5.41, 5.74) is -0.654. The zero-order chi connectivity index (χ0) is 12.5. The van der Waals surface area contributed by atoms with Gasteiger partial charge in [-0.3, -0.25) is 10.1 Å². The van der Waals surface area contributed by atoms with Crippen LogP contribution < -0.4 is 10.6 Å². The third kappa shape index (κ3) is 2.11. The second-order valence-corrected chi connectivity index (χ2v) is 3.99. The number of nitro groups is 1. The molecule has 0 spiro atoms. The van der Waals surface area contributed by atoms with Crippen LogP contribution in [0.25, 0.3) is 0 Å². The lowest BCUT2D eigenvalue weighted by molar-refractivity contribution is -0.383. The number of aliphatic hydroxyl groups is 1. The van der Waals surface area contributed by atoms with Gasteiger partial charge in [-0.25, -0.2) is 9.97 Å². The van der Waals surface area contributed by atoms with Crippen molar-refractivity contribution in [3.63, 3.8) is 0 Å². The number of anilines is 2. The molecular formula is C9H13N5O3. The van der Waals surface area contributed by atoms with E-state index in [1.54, 1.807) is 7.05 Å². The largest absolute Gasteiger partial charge is 0.394 e. The van der Waals surface area contributed by atoms with Gasteiger partial charge in [-0.05, 0) is 12.8 Å². The first-order valence-corrected chi connectivity index (χ1v) is 5.18. The van der Waals surface area contributed by atoms with Gasteiger partial charge in [0.25, 0.3) is 0 Å². The Hall–Kier alpha value is -1.96. The maximum Gasteiger partial charge on any atom is 0.353 e. The fourth-order valence-corrected chi connectivity index (χ4v) is 1.55. The van der Waals surface area contributed by atoms with E-state index in [0.29, 0.717) is 0 Å². The minimum absolute atomic E-state index is 0.0664. The molecule has 0 atom stereocenters. The van der Waals surface area contributed by atoms with Crippen LogP contribution in [-0.4, -0.2) is 39.2 Å². The molecule has 0 aromatic carbocycles. The Morgan fingerprint density at radius 3 is 2.65 bits per heavy atom. The Bertz CT molecular complexity index is 446. The van der Waals surface area contributed by atoms with Crippen LogP contribution in [0, 0.1) is 10.1 Å². The van der Waals surface area contributed by atoms with Crippen LogP contribution in [0.2, 0.25) is 0 Å². The second-order valence-electron chi connectivity index (χ2n) is 3.99. The molecule has 0 radical (unpaired) electrons. The average molecular weight is 239 g/mol. The molecule has 1 fully saturated rings. The standard InChI is InChI=1S/C9H13N5O3/c1-10-7-6(14(16)17)8(12-5-11-7)13-9(4-15)2-3-9/h5,15H,2-4H2,1H3,(H2,10,11,12,13). The number of hydrogen-bond acceptors (Lipinski definition) is 7. The topological polar surface area (TPSA) is 113 Å². The predicted molar refractivity (Wildman–Crippen MR) is 60.9 cm³/mol. The number of aliphatic hydroxyl groups excluding tert-OH is 1. The van der Waals surface area contributed by atoms with Crippen molar-refractivity contribution in [1.29, 1.82) is 0 Å². The molecule has 0 amide bonds. The lowest BCUT2D eigenvalue weighted by Gasteiger charge is -2.15. The Balaban J connectivity index is 2.36. The van der Waals surface area contributed by atoms with Crippen LogP contribution in [0.15, 0.2) is 6.33 Å². The molecule has 0 saturated heterocycles. The summed E-state index contributed by atoms with van der Waals surface area (Å²) < 4.78 is 0. The van der Waals surface area contributed by atoms with Crippen molar-refractivity contribution in [1.82, 2.24) is 9.97 Å². The molecular weight excluding hydrogens is 226 g/mol. The summed E-state index contributed by atoms with van der Waals surface area (Å²) in [7, 11) is 1.55. The molecule has 8 nitrogen and oxygen atoms in total. The van der Waals surface area contributed by atoms with Crippen molar-refractivity contribution in [3.8, 4) is 0 Å². The first-order chi connectivity index (χ1) is 8.12. The van der Waals surface area contributed by atoms with Gasteiger partial charge >= 0.3 is 5.69 Å². The third-order valence-corrected chi connectivity index (χ3v) is 2.78. The normalized spacial score (nSPS) is 16.4. The summed E-state index contributed by atoms with van der Waals surface area (Å²) >= 11 is 0. The zero-order valence-corrected chi connectivity index (χ0v) is 9.30. The third-order valence-electron chi connectivity index (χ3n) is 2.78. The molecule has 17 heavy (non-hydrogen) atoms. The van der Waals surface area contributed by atoms with E-state index in [-0.39, 0.29) is 23.9 Å². The molecule has 0 unspecified atom stereocenters. The van der Waals surface area contributed by atoms with Gasteiger partial charge in [0.1, 0.15) is 6.33 Å². The molecule has 2 rings (SSSR count). The highest BCUT2D eigenvalue weighted by Gasteiger charge is 2.44. The number of rotatable bonds is 5. The summed E-state index contributed by atoms with van der Waals surface area (Å²) in [5.74, 6) is 0.294. The monoisotopic (exact) mass is 239 g/mol. The molecule has 92 valence electrons. The quantitative estimate of drug-likeness (QED) is 0.502. The Morgan fingerprint density at radius 2 is 2.18 bits per heavy atom. The van der Waals surface area contributed by atoms with E-state index in [2.05, 4.69) is 20.6 Å². The van der Waals surface area contributed by atoms with E-state index >= 15 is 0 Å². The van der Waals surface area contributed by atoms with Crippen LogP contribution >= 0.6 is 0 Å². The first kappa shape index (κ1) is 11.5. The predicted octanol–water partition coefficient (Wildman–Crippen LogP) is 0.363. The van der Waals surface area contributed by atoms with Gasteiger partial charge in [0.05, 0.1) is 17.1 Å². The van der Waals surface area contributed by atoms with E-state index in [9.17, 15) is 15.2 Å². The van der Waals surface area contributed by atoms with Crippen LogP contribution in [0.3, 0.4) is 0 Å². The minimum Gasteiger partial charge on any atom is -0.394 e. The molecule has 3 N–H and O–H groups in total. The SMILES string of the molecule is CNc1ncnc(NC2(CO)CC2)c1[N+](=O)[O-]. The van der Waals surface area contributed by atoms with Gasteiger partial charge < -0.3 is 15.7 Å². The zero-order valence-electron chi connectivity index (χ0n) is 9.30. The molecule has 8 heteroatoms. The van der Waals surface area contributed by atoms with E-state index in [4.69, 9.17) is 0 Å². The van der Waals surface area contributed by atoms with Crippen LogP contribution in [0.4, 0.5) is 17.3 Å². The van der Waals surface area contributed by atoms with E-state index in [1.807, 2.05) is 0 Å². The van der Waals surface area contributed by atoms with Crippen molar-refractivity contribution in [2.24, 2.45) is 0 Å². The fourth-order valence-electron chi connectivity index (χ4n) is 1.55. The molecule has 0 aliphatic heterocycles. The average Bonchev–Trinajstić information content (AvgIpc) is 3.08. The lowest BCUT2D eigenvalue weighted by Crippen LogP contribution is -2.26. The molecule has 1 saturated carbocycles. The Morgan fingerprint density at radius 1 is 1.53 bits per heavy atom. The van der Waals surface area contributed by atoms with Gasteiger partial charge in [0, 0.05) is 7.05 Å². The maximum atomic E-state index is 11.0. The van der Waals surface area contributed by atoms with Gasteiger partial charge in [-0.15, -0.1) is 0 Å². The van der Waals surface area contributed by atoms with Gasteiger partial charge in [0.15, 0.2) is 0 Å². The minimum atomic E-state index is -0.540. The smallest absolute Gasteiger partial charge is 0.353 e. The van der Waals surface area contributed by atoms with Crippen molar-refractivity contribution in [3.05, 3.63) is 16.4 Å². The highest BCUT2D eigenvalue weighted by molar-refractivity contribution is 5.70. The van der Waals surface area contributed by atoms with Crippen molar-refractivity contribution in [2.75, 3.05) is 24.3 Å². The highest BCUT2D eigenvalue weighted by Crippen LogP contribution is 2.40. The summed E-state index contributed by atoms with van der Waals surface area (Å²) in [6.45, 7) is -0.0664. The molecule has 1 aliphatic rings. The van der Waals surface area contributed by atoms with E-state index < -0.39 is 10.5 Å². The molecule has 1 aliphatic carbocycles. The number of nitrogens with zero attached hydrogens (tertiary/aromatic N) is 3. The summed E-state index contributed by atoms with van der Waals surface area (Å²) in [5, 5.41) is 25.7. The number of hydrogen-bond donors (Lipinski definition) is 3.